The Labute approximate surface area is 507 Å². The molecule has 0 aromatic heterocycles. The first-order valence-corrected chi connectivity index (χ1v) is 34.5. The maximum Gasteiger partial charge on any atom is 0.306 e. The molecular weight excluding hydrogens is 1010 g/mol. The molecule has 468 valence electrons. The van der Waals surface area contributed by atoms with Gasteiger partial charge in [0.05, 0.1) is 0 Å². The smallest absolute Gasteiger partial charge is 0.306 e. The highest BCUT2D eigenvalue weighted by Gasteiger charge is 2.19. The molecule has 0 N–H and O–H groups in total. The lowest BCUT2D eigenvalue weighted by Crippen LogP contribution is -2.30. The summed E-state index contributed by atoms with van der Waals surface area (Å²) in [5, 5.41) is 0. The minimum Gasteiger partial charge on any atom is -0.462 e. The second-order valence-electron chi connectivity index (χ2n) is 22.7. The number of carbonyl (C=O) groups excluding carboxylic acids is 3. The molecular formula is C76H128O6. The van der Waals surface area contributed by atoms with Gasteiger partial charge in [0.2, 0.25) is 0 Å². The van der Waals surface area contributed by atoms with Crippen molar-refractivity contribution in [1.29, 1.82) is 0 Å². The predicted molar refractivity (Wildman–Crippen MR) is 357 cm³/mol. The monoisotopic (exact) mass is 1140 g/mol. The van der Waals surface area contributed by atoms with E-state index in [9.17, 15) is 14.4 Å². The molecule has 0 rings (SSSR count). The molecule has 0 bridgehead atoms. The molecule has 0 aromatic carbocycles. The van der Waals surface area contributed by atoms with Crippen molar-refractivity contribution in [2.24, 2.45) is 0 Å². The van der Waals surface area contributed by atoms with Crippen LogP contribution in [-0.2, 0) is 28.6 Å². The Kier molecular flexibility index (Phi) is 65.8. The van der Waals surface area contributed by atoms with Crippen molar-refractivity contribution in [1.82, 2.24) is 0 Å². The van der Waals surface area contributed by atoms with Crippen LogP contribution in [0.4, 0.5) is 0 Å². The van der Waals surface area contributed by atoms with Gasteiger partial charge in [-0.15, -0.1) is 0 Å². The summed E-state index contributed by atoms with van der Waals surface area (Å²) in [5.74, 6) is -0.910. The summed E-state index contributed by atoms with van der Waals surface area (Å²) in [6.07, 6.45) is 96.4. The van der Waals surface area contributed by atoms with Gasteiger partial charge >= 0.3 is 17.9 Å². The number of hydrogen-bond acceptors (Lipinski definition) is 6. The van der Waals surface area contributed by atoms with E-state index in [1.54, 1.807) is 0 Å². The van der Waals surface area contributed by atoms with E-state index in [2.05, 4.69) is 142 Å². The topological polar surface area (TPSA) is 78.9 Å². The van der Waals surface area contributed by atoms with Crippen molar-refractivity contribution in [2.75, 3.05) is 13.2 Å². The highest BCUT2D eigenvalue weighted by atomic mass is 16.6. The number of hydrogen-bond donors (Lipinski definition) is 0. The van der Waals surface area contributed by atoms with E-state index < -0.39 is 6.10 Å². The van der Waals surface area contributed by atoms with Crippen LogP contribution in [0.25, 0.3) is 0 Å². The molecule has 0 spiro atoms. The summed E-state index contributed by atoms with van der Waals surface area (Å²) >= 11 is 0. The standard InChI is InChI=1S/C76H128O6/c1-4-7-10-13-16-19-22-25-27-29-31-33-35-37-38-40-41-43-45-47-49-51-54-57-60-63-66-69-75(78)81-72-73(71-80-74(77)68-65-62-59-56-53-24-21-18-15-12-9-6-3)82-76(79)70-67-64-61-58-55-52-50-48-46-44-42-39-36-34-32-30-28-26-23-20-17-14-11-8-5-2/h7,10,16,18-19,21,23,25-27,30-33,37-38,41,43,47,49,73H,4-6,8-9,11-15,17,20,22,24,28-29,34-36,39-40,42,44-46,48,50-72H2,1-3H3/b10-7-,19-16-,21-18-,26-23-,27-25-,32-30-,33-31-,38-37-,43-41-,49-47-. The van der Waals surface area contributed by atoms with Crippen molar-refractivity contribution < 1.29 is 28.6 Å². The molecule has 82 heavy (non-hydrogen) atoms. The van der Waals surface area contributed by atoms with Crippen LogP contribution in [0, 0.1) is 0 Å². The average Bonchev–Trinajstić information content (AvgIpc) is 3.47. The summed E-state index contributed by atoms with van der Waals surface area (Å²) in [6, 6.07) is 0. The van der Waals surface area contributed by atoms with Gasteiger partial charge in [-0.2, -0.15) is 0 Å². The second-order valence-corrected chi connectivity index (χ2v) is 22.7. The van der Waals surface area contributed by atoms with Crippen LogP contribution in [0.15, 0.2) is 122 Å². The minimum atomic E-state index is -0.794. The third kappa shape index (κ3) is 66.6. The Morgan fingerprint density at radius 1 is 0.256 bits per heavy atom. The fourth-order valence-corrected chi connectivity index (χ4v) is 9.51. The molecule has 6 heteroatoms. The molecule has 6 nitrogen and oxygen atoms in total. The van der Waals surface area contributed by atoms with Gasteiger partial charge in [-0.3, -0.25) is 14.4 Å². The van der Waals surface area contributed by atoms with Crippen molar-refractivity contribution in [2.45, 2.75) is 329 Å². The van der Waals surface area contributed by atoms with E-state index in [1.165, 1.54) is 148 Å². The van der Waals surface area contributed by atoms with Gasteiger partial charge in [0.1, 0.15) is 13.2 Å². The van der Waals surface area contributed by atoms with E-state index in [-0.39, 0.29) is 31.1 Å². The highest BCUT2D eigenvalue weighted by Crippen LogP contribution is 2.16. The molecule has 0 amide bonds. The molecule has 0 saturated heterocycles. The lowest BCUT2D eigenvalue weighted by atomic mass is 10.0. The Morgan fingerprint density at radius 2 is 0.476 bits per heavy atom. The summed E-state index contributed by atoms with van der Waals surface area (Å²) in [4.78, 5) is 38.4. The van der Waals surface area contributed by atoms with Gasteiger partial charge in [0, 0.05) is 19.3 Å². The summed E-state index contributed by atoms with van der Waals surface area (Å²) < 4.78 is 16.9. The van der Waals surface area contributed by atoms with Crippen molar-refractivity contribution in [3.8, 4) is 0 Å². The average molecular weight is 1140 g/mol. The minimum absolute atomic E-state index is 0.0898. The van der Waals surface area contributed by atoms with Crippen molar-refractivity contribution in [3.63, 3.8) is 0 Å². The van der Waals surface area contributed by atoms with E-state index in [1.807, 2.05) is 0 Å². The summed E-state index contributed by atoms with van der Waals surface area (Å²) in [5.41, 5.74) is 0. The largest absolute Gasteiger partial charge is 0.462 e. The number of carbonyl (C=O) groups is 3. The summed E-state index contributed by atoms with van der Waals surface area (Å²) in [6.45, 7) is 6.49. The van der Waals surface area contributed by atoms with Crippen LogP contribution < -0.4 is 0 Å². The molecule has 0 fully saturated rings. The Balaban J connectivity index is 4.34. The first kappa shape index (κ1) is 77.8. The lowest BCUT2D eigenvalue weighted by molar-refractivity contribution is -0.167. The first-order valence-electron chi connectivity index (χ1n) is 34.5. The zero-order valence-electron chi connectivity index (χ0n) is 53.7. The molecule has 0 aliphatic carbocycles. The maximum absolute atomic E-state index is 12.9. The van der Waals surface area contributed by atoms with Gasteiger partial charge in [-0.25, -0.2) is 0 Å². The number of rotatable bonds is 62. The van der Waals surface area contributed by atoms with Crippen LogP contribution >= 0.6 is 0 Å². The Hall–Kier alpha value is -4.19. The number of unbranched alkanes of at least 4 members (excludes halogenated alkanes) is 31. The Morgan fingerprint density at radius 3 is 0.780 bits per heavy atom. The van der Waals surface area contributed by atoms with Crippen LogP contribution in [0.3, 0.4) is 0 Å². The number of esters is 3. The van der Waals surface area contributed by atoms with Gasteiger partial charge in [0.25, 0.3) is 0 Å². The zero-order chi connectivity index (χ0) is 59.2. The molecule has 0 heterocycles. The van der Waals surface area contributed by atoms with E-state index in [0.29, 0.717) is 19.3 Å². The molecule has 1 unspecified atom stereocenters. The van der Waals surface area contributed by atoms with Crippen LogP contribution in [0.2, 0.25) is 0 Å². The van der Waals surface area contributed by atoms with Crippen molar-refractivity contribution >= 4 is 17.9 Å². The predicted octanol–water partition coefficient (Wildman–Crippen LogP) is 23.9. The zero-order valence-corrected chi connectivity index (χ0v) is 53.7. The van der Waals surface area contributed by atoms with E-state index in [0.717, 1.165) is 135 Å². The van der Waals surface area contributed by atoms with Gasteiger partial charge in [0.15, 0.2) is 6.10 Å². The molecule has 0 radical (unpaired) electrons. The highest BCUT2D eigenvalue weighted by molar-refractivity contribution is 5.71. The first-order chi connectivity index (χ1) is 40.5. The van der Waals surface area contributed by atoms with Gasteiger partial charge in [-0.1, -0.05) is 290 Å². The number of ether oxygens (including phenoxy) is 3. The fourth-order valence-electron chi connectivity index (χ4n) is 9.51. The van der Waals surface area contributed by atoms with E-state index in [4.69, 9.17) is 14.2 Å². The molecule has 1 atom stereocenters. The second kappa shape index (κ2) is 69.3. The lowest BCUT2D eigenvalue weighted by Gasteiger charge is -2.18. The SMILES string of the molecule is CC/C=C\C/C=C\C/C=C\C/C=C\C/C=C\C/C=C\C/C=C\CCCCCCCC(=O)OCC(COC(=O)CCCCCCC/C=C\CCCCC)OC(=O)CCCCCCCCCCCCCCC/C=C\C/C=C\CCCCCCC. The van der Waals surface area contributed by atoms with E-state index >= 15 is 0 Å². The van der Waals surface area contributed by atoms with Gasteiger partial charge in [-0.05, 0) is 135 Å². The van der Waals surface area contributed by atoms with Crippen molar-refractivity contribution in [3.05, 3.63) is 122 Å². The molecule has 0 saturated carbocycles. The quantitative estimate of drug-likeness (QED) is 0.0261. The molecule has 0 aliphatic heterocycles. The maximum atomic E-state index is 12.9. The molecule has 0 aliphatic rings. The van der Waals surface area contributed by atoms with Crippen LogP contribution in [0.1, 0.15) is 323 Å². The van der Waals surface area contributed by atoms with Crippen LogP contribution in [0.5, 0.6) is 0 Å². The Bertz CT molecular complexity index is 1690. The third-order valence-electron chi connectivity index (χ3n) is 14.7. The summed E-state index contributed by atoms with van der Waals surface area (Å²) in [7, 11) is 0. The third-order valence-corrected chi connectivity index (χ3v) is 14.7. The van der Waals surface area contributed by atoms with Crippen LogP contribution in [-0.4, -0.2) is 37.2 Å². The molecule has 0 aromatic rings. The fraction of sp³-hybridized carbons (Fsp3) is 0.697. The van der Waals surface area contributed by atoms with Gasteiger partial charge < -0.3 is 14.2 Å². The normalized spacial score (nSPS) is 12.9. The number of allylic oxidation sites excluding steroid dienone is 20.